The standard InChI is InChI=1S/C21H25N7O2S.2ClH/c22-18-11-14(5-6-25-18)21-28(17(13-31-21)20(24)30)16-4-2-1-3-15(16)27-9-7-26(8-10-27)12-19(23)29;;/h1-6,11,13,21H,7-10,12H2,(H2,22,25)(H2,23,29)(H2,24,30);2*1H. The summed E-state index contributed by atoms with van der Waals surface area (Å²) in [4.78, 5) is 33.8. The summed E-state index contributed by atoms with van der Waals surface area (Å²) >= 11 is 1.51. The molecule has 4 rings (SSSR count). The maximum Gasteiger partial charge on any atom is 0.265 e. The molecule has 2 amide bonds. The zero-order valence-corrected chi connectivity index (χ0v) is 20.2. The van der Waals surface area contributed by atoms with Crippen LogP contribution < -0.4 is 27.0 Å². The van der Waals surface area contributed by atoms with Gasteiger partial charge in [-0.2, -0.15) is 0 Å². The SMILES string of the molecule is Cl.Cl.NC(=O)CN1CCN(c2ccccc2N2C(C(N)=O)=CSC2c2ccnc(N)c2)CC1. The molecule has 0 radical (unpaired) electrons. The van der Waals surface area contributed by atoms with E-state index in [0.29, 0.717) is 11.5 Å². The number of carbonyl (C=O) groups is 2. The van der Waals surface area contributed by atoms with Gasteiger partial charge in [-0.25, -0.2) is 4.98 Å². The monoisotopic (exact) mass is 511 g/mol. The minimum Gasteiger partial charge on any atom is -0.384 e. The van der Waals surface area contributed by atoms with Crippen LogP contribution in [0.4, 0.5) is 17.2 Å². The zero-order valence-electron chi connectivity index (χ0n) is 17.8. The molecule has 0 spiro atoms. The molecule has 178 valence electrons. The summed E-state index contributed by atoms with van der Waals surface area (Å²) < 4.78 is 0. The van der Waals surface area contributed by atoms with Crippen LogP contribution in [0.1, 0.15) is 10.9 Å². The van der Waals surface area contributed by atoms with Crippen molar-refractivity contribution in [2.24, 2.45) is 11.5 Å². The first-order valence-corrected chi connectivity index (χ1v) is 10.9. The zero-order chi connectivity index (χ0) is 22.0. The van der Waals surface area contributed by atoms with Crippen LogP contribution in [0.2, 0.25) is 0 Å². The Morgan fingerprint density at radius 2 is 1.70 bits per heavy atom. The highest BCUT2D eigenvalue weighted by molar-refractivity contribution is 8.02. The topological polar surface area (TPSA) is 135 Å². The predicted octanol–water partition coefficient (Wildman–Crippen LogP) is 1.69. The van der Waals surface area contributed by atoms with Crippen molar-refractivity contribution in [1.29, 1.82) is 0 Å². The van der Waals surface area contributed by atoms with E-state index in [4.69, 9.17) is 17.2 Å². The first-order chi connectivity index (χ1) is 14.9. The molecule has 1 saturated heterocycles. The molecule has 1 aromatic heterocycles. The van der Waals surface area contributed by atoms with Crippen LogP contribution in [0.25, 0.3) is 0 Å². The van der Waals surface area contributed by atoms with Crippen LogP contribution in [-0.2, 0) is 9.59 Å². The minimum absolute atomic E-state index is 0. The summed E-state index contributed by atoms with van der Waals surface area (Å²) in [6, 6.07) is 11.7. The lowest BCUT2D eigenvalue weighted by atomic mass is 10.1. The Morgan fingerprint density at radius 1 is 1.03 bits per heavy atom. The Bertz CT molecular complexity index is 1030. The number of nitrogens with two attached hydrogens (primary N) is 3. The summed E-state index contributed by atoms with van der Waals surface area (Å²) in [7, 11) is 0. The van der Waals surface area contributed by atoms with Gasteiger partial charge in [-0.05, 0) is 29.8 Å². The van der Waals surface area contributed by atoms with E-state index in [1.54, 1.807) is 11.6 Å². The van der Waals surface area contributed by atoms with Gasteiger partial charge < -0.3 is 27.0 Å². The molecule has 2 aliphatic rings. The lowest BCUT2D eigenvalue weighted by Crippen LogP contribution is -2.49. The number of piperazine rings is 1. The number of rotatable bonds is 6. The van der Waals surface area contributed by atoms with E-state index in [9.17, 15) is 9.59 Å². The largest absolute Gasteiger partial charge is 0.384 e. The number of amides is 2. The number of benzene rings is 1. The second-order valence-electron chi connectivity index (χ2n) is 7.46. The van der Waals surface area contributed by atoms with Gasteiger partial charge in [0, 0.05) is 37.8 Å². The number of thioether (sulfide) groups is 1. The van der Waals surface area contributed by atoms with Gasteiger partial charge in [-0.15, -0.1) is 36.6 Å². The van der Waals surface area contributed by atoms with Crippen LogP contribution in [0.5, 0.6) is 0 Å². The lowest BCUT2D eigenvalue weighted by molar-refractivity contribution is -0.119. The fourth-order valence-electron chi connectivity index (χ4n) is 3.96. The number of nitrogen functional groups attached to an aromatic ring is 1. The van der Waals surface area contributed by atoms with Gasteiger partial charge in [-0.1, -0.05) is 12.1 Å². The third kappa shape index (κ3) is 5.83. The molecule has 1 atom stereocenters. The molecule has 12 heteroatoms. The van der Waals surface area contributed by atoms with E-state index in [1.807, 2.05) is 46.2 Å². The van der Waals surface area contributed by atoms with E-state index in [0.717, 1.165) is 43.1 Å². The fourth-order valence-corrected chi connectivity index (χ4v) is 5.10. The number of aromatic nitrogens is 1. The molecule has 2 aliphatic heterocycles. The van der Waals surface area contributed by atoms with Gasteiger partial charge in [0.2, 0.25) is 5.91 Å². The van der Waals surface area contributed by atoms with Gasteiger partial charge >= 0.3 is 0 Å². The van der Waals surface area contributed by atoms with Crippen LogP contribution in [0.15, 0.2) is 53.7 Å². The van der Waals surface area contributed by atoms with Crippen molar-refractivity contribution >= 4 is 65.6 Å². The maximum absolute atomic E-state index is 12.3. The Hall–Kier alpha value is -2.66. The van der Waals surface area contributed by atoms with Crippen molar-refractivity contribution in [3.63, 3.8) is 0 Å². The minimum atomic E-state index is -0.488. The van der Waals surface area contributed by atoms with E-state index < -0.39 is 5.91 Å². The highest BCUT2D eigenvalue weighted by Gasteiger charge is 2.34. The summed E-state index contributed by atoms with van der Waals surface area (Å²) in [6.45, 7) is 3.21. The van der Waals surface area contributed by atoms with Crippen molar-refractivity contribution in [1.82, 2.24) is 9.88 Å². The van der Waals surface area contributed by atoms with Crippen LogP contribution >= 0.6 is 36.6 Å². The first-order valence-electron chi connectivity index (χ1n) is 9.95. The van der Waals surface area contributed by atoms with E-state index in [-0.39, 0.29) is 42.6 Å². The second-order valence-corrected chi connectivity index (χ2v) is 8.41. The van der Waals surface area contributed by atoms with Crippen molar-refractivity contribution in [3.8, 4) is 0 Å². The normalized spacial score (nSPS) is 18.2. The molecular weight excluding hydrogens is 485 g/mol. The number of anilines is 3. The third-order valence-corrected chi connectivity index (χ3v) is 6.48. The Labute approximate surface area is 209 Å². The quantitative estimate of drug-likeness (QED) is 0.533. The van der Waals surface area contributed by atoms with Gasteiger partial charge in [0.25, 0.3) is 5.91 Å². The fraction of sp³-hybridized carbons (Fsp3) is 0.286. The molecule has 1 unspecified atom stereocenters. The summed E-state index contributed by atoms with van der Waals surface area (Å²) in [5.41, 5.74) is 20.2. The lowest BCUT2D eigenvalue weighted by Gasteiger charge is -2.38. The molecule has 33 heavy (non-hydrogen) atoms. The molecule has 0 aliphatic carbocycles. The highest BCUT2D eigenvalue weighted by Crippen LogP contribution is 2.48. The van der Waals surface area contributed by atoms with Gasteiger partial charge in [0.05, 0.1) is 17.9 Å². The number of pyridine rings is 1. The molecule has 0 saturated carbocycles. The number of para-hydroxylation sites is 2. The van der Waals surface area contributed by atoms with E-state index in [2.05, 4.69) is 9.88 Å². The number of nitrogens with zero attached hydrogens (tertiary/aromatic N) is 4. The van der Waals surface area contributed by atoms with Crippen molar-refractivity contribution in [3.05, 3.63) is 59.3 Å². The maximum atomic E-state index is 12.3. The average molecular weight is 512 g/mol. The van der Waals surface area contributed by atoms with Crippen LogP contribution in [0, 0.1) is 0 Å². The predicted molar refractivity (Wildman–Crippen MR) is 138 cm³/mol. The molecule has 1 aromatic carbocycles. The number of hydrogen-bond donors (Lipinski definition) is 3. The van der Waals surface area contributed by atoms with E-state index in [1.165, 1.54) is 11.8 Å². The van der Waals surface area contributed by atoms with Crippen molar-refractivity contribution in [2.45, 2.75) is 5.37 Å². The number of halogens is 2. The smallest absolute Gasteiger partial charge is 0.265 e. The van der Waals surface area contributed by atoms with Crippen molar-refractivity contribution < 1.29 is 9.59 Å². The number of hydrogen-bond acceptors (Lipinski definition) is 8. The number of primary amides is 2. The van der Waals surface area contributed by atoms with E-state index >= 15 is 0 Å². The Balaban J connectivity index is 0.00000193. The first kappa shape index (κ1) is 26.6. The van der Waals surface area contributed by atoms with Crippen LogP contribution in [0.3, 0.4) is 0 Å². The molecule has 9 nitrogen and oxygen atoms in total. The Kier molecular flexibility index (Phi) is 9.24. The second kappa shape index (κ2) is 11.5. The van der Waals surface area contributed by atoms with Crippen molar-refractivity contribution in [2.75, 3.05) is 48.3 Å². The number of carbonyl (C=O) groups excluding carboxylic acids is 2. The summed E-state index contributed by atoms with van der Waals surface area (Å²) in [5.74, 6) is -0.388. The molecule has 6 N–H and O–H groups in total. The molecule has 0 bridgehead atoms. The van der Waals surface area contributed by atoms with Crippen LogP contribution in [-0.4, -0.2) is 54.4 Å². The third-order valence-electron chi connectivity index (χ3n) is 5.38. The average Bonchev–Trinajstić information content (AvgIpc) is 3.19. The van der Waals surface area contributed by atoms with Gasteiger partial charge in [0.15, 0.2) is 0 Å². The van der Waals surface area contributed by atoms with Gasteiger partial charge in [-0.3, -0.25) is 14.5 Å². The summed E-state index contributed by atoms with van der Waals surface area (Å²) in [5, 5.41) is 1.61. The molecule has 1 fully saturated rings. The molecular formula is C21H27Cl2N7O2S. The summed E-state index contributed by atoms with van der Waals surface area (Å²) in [6.07, 6.45) is 1.66. The highest BCUT2D eigenvalue weighted by atomic mass is 35.5. The Morgan fingerprint density at radius 3 is 2.30 bits per heavy atom. The molecule has 3 heterocycles. The van der Waals surface area contributed by atoms with Gasteiger partial charge in [0.1, 0.15) is 16.9 Å². The molecule has 2 aromatic rings.